The summed E-state index contributed by atoms with van der Waals surface area (Å²) in [5, 5.41) is 9.86. The van der Waals surface area contributed by atoms with Gasteiger partial charge >= 0.3 is 0 Å². The van der Waals surface area contributed by atoms with E-state index >= 15 is 0 Å². The Morgan fingerprint density at radius 2 is 1.88 bits per heavy atom. The zero-order chi connectivity index (χ0) is 28.9. The number of carbonyl (C=O) groups excluding carboxylic acids is 1. The maximum atomic E-state index is 13.7. The molecule has 0 radical (unpaired) electrons. The van der Waals surface area contributed by atoms with Gasteiger partial charge < -0.3 is 19.5 Å². The molecular formula is C30H33N3O6S. The van der Waals surface area contributed by atoms with E-state index in [0.717, 1.165) is 11.3 Å². The van der Waals surface area contributed by atoms with Crippen LogP contribution in [0, 0.1) is 17.8 Å². The minimum absolute atomic E-state index is 0.0154. The molecule has 40 heavy (non-hydrogen) atoms. The fraction of sp³-hybridized carbons (Fsp3) is 0.333. The molecule has 1 amide bonds. The number of benzene rings is 2. The van der Waals surface area contributed by atoms with Gasteiger partial charge in [0.1, 0.15) is 28.2 Å². The monoisotopic (exact) mass is 563 g/mol. The molecule has 0 aliphatic carbocycles. The number of carbonyl (C=O) groups is 1. The van der Waals surface area contributed by atoms with Crippen LogP contribution in [0.1, 0.15) is 35.5 Å². The van der Waals surface area contributed by atoms with Crippen LogP contribution in [0.5, 0.6) is 11.5 Å². The van der Waals surface area contributed by atoms with Crippen molar-refractivity contribution >= 4 is 15.9 Å². The summed E-state index contributed by atoms with van der Waals surface area (Å²) >= 11 is 0. The van der Waals surface area contributed by atoms with Crippen molar-refractivity contribution in [3.8, 4) is 23.3 Å². The van der Waals surface area contributed by atoms with Gasteiger partial charge in [0.25, 0.3) is 5.91 Å². The standard InChI is InChI=1S/C30H33N3O6S/c1-21-18-33(22(2)20-34)40(36,37)29-15-12-24(9-8-23-10-13-25(38-4)14-11-23)17-27(29)39-28(21)19-32(3)30(35)26-7-5-6-16-31-26/h5-7,10-17,21-22,28,34H,18-20H2,1-4H3/t21-,22-,28+/m1/s1. The summed E-state index contributed by atoms with van der Waals surface area (Å²) < 4.78 is 40.3. The van der Waals surface area contributed by atoms with Gasteiger partial charge in [-0.05, 0) is 61.5 Å². The third-order valence-electron chi connectivity index (χ3n) is 6.79. The summed E-state index contributed by atoms with van der Waals surface area (Å²) in [6, 6.07) is 16.5. The van der Waals surface area contributed by atoms with Gasteiger partial charge in [-0.1, -0.05) is 24.8 Å². The topological polar surface area (TPSA) is 109 Å². The van der Waals surface area contributed by atoms with Crippen LogP contribution < -0.4 is 9.47 Å². The van der Waals surface area contributed by atoms with Gasteiger partial charge in [0.05, 0.1) is 20.3 Å². The lowest BCUT2D eigenvalue weighted by Crippen LogP contribution is -2.50. The van der Waals surface area contributed by atoms with Gasteiger partial charge in [-0.15, -0.1) is 0 Å². The molecule has 2 aromatic carbocycles. The fourth-order valence-corrected chi connectivity index (χ4v) is 6.20. The Labute approximate surface area is 235 Å². The van der Waals surface area contributed by atoms with Gasteiger partial charge in [-0.3, -0.25) is 9.78 Å². The summed E-state index contributed by atoms with van der Waals surface area (Å²) in [6.07, 6.45) is 1.00. The van der Waals surface area contributed by atoms with Crippen LogP contribution >= 0.6 is 0 Å². The van der Waals surface area contributed by atoms with E-state index < -0.39 is 22.2 Å². The number of amides is 1. The first-order chi connectivity index (χ1) is 19.1. The zero-order valence-corrected chi connectivity index (χ0v) is 23.8. The minimum atomic E-state index is -3.99. The summed E-state index contributed by atoms with van der Waals surface area (Å²) in [5.41, 5.74) is 1.64. The number of aromatic nitrogens is 1. The Bertz CT molecular complexity index is 1500. The summed E-state index contributed by atoms with van der Waals surface area (Å²) in [4.78, 5) is 18.7. The quantitative estimate of drug-likeness (QED) is 0.459. The highest BCUT2D eigenvalue weighted by Crippen LogP contribution is 2.34. The second-order valence-corrected chi connectivity index (χ2v) is 11.6. The number of aliphatic hydroxyl groups is 1. The normalized spacial score (nSPS) is 19.0. The largest absolute Gasteiger partial charge is 0.497 e. The molecule has 2 heterocycles. The van der Waals surface area contributed by atoms with Gasteiger partial charge in [0.2, 0.25) is 10.0 Å². The van der Waals surface area contributed by atoms with E-state index in [2.05, 4.69) is 16.8 Å². The molecule has 1 N–H and O–H groups in total. The summed E-state index contributed by atoms with van der Waals surface area (Å²) in [7, 11) is -0.740. The number of nitrogens with zero attached hydrogens (tertiary/aromatic N) is 3. The molecule has 1 aliphatic heterocycles. The Balaban J connectivity index is 1.70. The lowest BCUT2D eigenvalue weighted by Gasteiger charge is -2.37. The first kappa shape index (κ1) is 29.1. The molecular weight excluding hydrogens is 530 g/mol. The predicted octanol–water partition coefficient (Wildman–Crippen LogP) is 3.03. The second-order valence-electron chi connectivity index (χ2n) is 9.78. The number of hydrogen-bond acceptors (Lipinski definition) is 7. The van der Waals surface area contributed by atoms with E-state index in [4.69, 9.17) is 9.47 Å². The molecule has 1 aromatic heterocycles. The van der Waals surface area contributed by atoms with Crippen LogP contribution in [-0.2, 0) is 10.0 Å². The third kappa shape index (κ3) is 6.45. The Morgan fingerprint density at radius 1 is 1.18 bits per heavy atom. The van der Waals surface area contributed by atoms with Crippen molar-refractivity contribution in [1.82, 2.24) is 14.2 Å². The number of likely N-dealkylation sites (N-methyl/N-ethyl adjacent to an activating group) is 1. The molecule has 0 bridgehead atoms. The van der Waals surface area contributed by atoms with Crippen molar-refractivity contribution in [2.24, 2.45) is 5.92 Å². The van der Waals surface area contributed by atoms with Crippen molar-refractivity contribution in [1.29, 1.82) is 0 Å². The number of sulfonamides is 1. The Kier molecular flexibility index (Phi) is 9.10. The number of methoxy groups -OCH3 is 1. The van der Waals surface area contributed by atoms with Crippen LogP contribution in [0.25, 0.3) is 0 Å². The predicted molar refractivity (Wildman–Crippen MR) is 151 cm³/mol. The number of fused-ring (bicyclic) bond motifs is 1. The van der Waals surface area contributed by atoms with Gasteiger partial charge in [-0.2, -0.15) is 4.31 Å². The first-order valence-corrected chi connectivity index (χ1v) is 14.3. The molecule has 0 unspecified atom stereocenters. The summed E-state index contributed by atoms with van der Waals surface area (Å²) in [5.74, 6) is 6.43. The van der Waals surface area contributed by atoms with E-state index in [0.29, 0.717) is 11.3 Å². The van der Waals surface area contributed by atoms with Gasteiger partial charge in [0.15, 0.2) is 0 Å². The van der Waals surface area contributed by atoms with Crippen molar-refractivity contribution in [2.45, 2.75) is 30.9 Å². The number of pyridine rings is 1. The molecule has 10 heteroatoms. The SMILES string of the molecule is COc1ccc(C#Cc2ccc3c(c2)O[C@@H](CN(C)C(=O)c2ccccn2)[C@H](C)CN([C@H](C)CO)S3(=O)=O)cc1. The molecule has 0 saturated heterocycles. The van der Waals surface area contributed by atoms with Crippen LogP contribution in [-0.4, -0.2) is 79.6 Å². The minimum Gasteiger partial charge on any atom is -0.497 e. The molecule has 9 nitrogen and oxygen atoms in total. The molecule has 1 aliphatic rings. The van der Waals surface area contributed by atoms with Gasteiger partial charge in [-0.25, -0.2) is 8.42 Å². The van der Waals surface area contributed by atoms with Gasteiger partial charge in [0, 0.05) is 42.9 Å². The maximum Gasteiger partial charge on any atom is 0.272 e. The fourth-order valence-electron chi connectivity index (χ4n) is 4.38. The Hall–Kier alpha value is -3.91. The van der Waals surface area contributed by atoms with Crippen LogP contribution in [0.4, 0.5) is 0 Å². The first-order valence-electron chi connectivity index (χ1n) is 12.9. The van der Waals surface area contributed by atoms with Crippen molar-refractivity contribution in [3.63, 3.8) is 0 Å². The molecule has 0 saturated carbocycles. The van der Waals surface area contributed by atoms with Crippen LogP contribution in [0.15, 0.2) is 71.8 Å². The number of ether oxygens (including phenoxy) is 2. The van der Waals surface area contributed by atoms with E-state index in [1.54, 1.807) is 57.6 Å². The number of hydrogen-bond donors (Lipinski definition) is 1. The highest BCUT2D eigenvalue weighted by molar-refractivity contribution is 7.89. The van der Waals surface area contributed by atoms with Crippen LogP contribution in [0.2, 0.25) is 0 Å². The van der Waals surface area contributed by atoms with Crippen LogP contribution in [0.3, 0.4) is 0 Å². The molecule has 0 spiro atoms. The average molecular weight is 564 g/mol. The zero-order valence-electron chi connectivity index (χ0n) is 22.9. The van der Waals surface area contributed by atoms with Crippen molar-refractivity contribution in [2.75, 3.05) is 33.9 Å². The number of aliphatic hydroxyl groups excluding tert-OH is 1. The van der Waals surface area contributed by atoms with E-state index in [1.165, 1.54) is 15.3 Å². The van der Waals surface area contributed by atoms with Crippen molar-refractivity contribution < 1.29 is 27.8 Å². The van der Waals surface area contributed by atoms with Crippen molar-refractivity contribution in [3.05, 3.63) is 83.7 Å². The molecule has 210 valence electrons. The molecule has 4 rings (SSSR count). The average Bonchev–Trinajstić information content (AvgIpc) is 2.97. The molecule has 3 aromatic rings. The number of rotatable bonds is 6. The summed E-state index contributed by atoms with van der Waals surface area (Å²) in [6.45, 7) is 3.50. The van der Waals surface area contributed by atoms with E-state index in [1.807, 2.05) is 31.2 Å². The molecule has 3 atom stereocenters. The second kappa shape index (κ2) is 12.5. The molecule has 0 fully saturated rings. The highest BCUT2D eigenvalue weighted by Gasteiger charge is 2.38. The third-order valence-corrected chi connectivity index (χ3v) is 8.81. The Morgan fingerprint density at radius 3 is 2.52 bits per heavy atom. The smallest absolute Gasteiger partial charge is 0.272 e. The van der Waals surface area contributed by atoms with E-state index in [9.17, 15) is 18.3 Å². The lowest BCUT2D eigenvalue weighted by molar-refractivity contribution is 0.0559. The lowest BCUT2D eigenvalue weighted by atomic mass is 10.0. The van der Waals surface area contributed by atoms with E-state index in [-0.39, 0.29) is 42.2 Å². The maximum absolute atomic E-state index is 13.7. The highest BCUT2D eigenvalue weighted by atomic mass is 32.2.